The third-order valence-corrected chi connectivity index (χ3v) is 2.63. The highest BCUT2D eigenvalue weighted by Gasteiger charge is 2.37. The minimum Gasteiger partial charge on any atom is -0.390 e. The fourth-order valence-corrected chi connectivity index (χ4v) is 1.84. The predicted octanol–water partition coefficient (Wildman–Crippen LogP) is 1.62. The third-order valence-electron chi connectivity index (χ3n) is 2.63. The summed E-state index contributed by atoms with van der Waals surface area (Å²) in [6, 6.07) is 0. The second-order valence-electron chi connectivity index (χ2n) is 3.99. The van der Waals surface area contributed by atoms with Crippen LogP contribution in [0.3, 0.4) is 0 Å². The first-order valence-electron chi connectivity index (χ1n) is 4.59. The van der Waals surface area contributed by atoms with Crippen molar-refractivity contribution in [1.29, 1.82) is 0 Å². The van der Waals surface area contributed by atoms with Gasteiger partial charge < -0.3 is 10.2 Å². The molecular weight excluding hydrogens is 152 g/mol. The lowest BCUT2D eigenvalue weighted by Crippen LogP contribution is -2.39. The molecule has 1 rings (SSSR count). The smallest absolute Gasteiger partial charge is 0.0908 e. The number of aliphatic hydroxyl groups excluding tert-OH is 1. The third kappa shape index (κ3) is 2.08. The minimum absolute atomic E-state index is 0.524. The van der Waals surface area contributed by atoms with E-state index < -0.39 is 11.7 Å². The van der Waals surface area contributed by atoms with Gasteiger partial charge in [-0.05, 0) is 26.2 Å². The zero-order valence-corrected chi connectivity index (χ0v) is 7.71. The van der Waals surface area contributed by atoms with Gasteiger partial charge in [-0.1, -0.05) is 18.4 Å². The summed E-state index contributed by atoms with van der Waals surface area (Å²) in [6.07, 6.45) is 3.45. The summed E-state index contributed by atoms with van der Waals surface area (Å²) >= 11 is 0. The fraction of sp³-hybridized carbons (Fsp3) is 0.800. The highest BCUT2D eigenvalue weighted by molar-refractivity contribution is 4.99. The Kier molecular flexibility index (Phi) is 2.91. The number of aliphatic hydroxyl groups is 2. The van der Waals surface area contributed by atoms with Crippen LogP contribution in [0, 0.1) is 0 Å². The molecule has 0 aliphatic heterocycles. The van der Waals surface area contributed by atoms with Crippen LogP contribution < -0.4 is 0 Å². The van der Waals surface area contributed by atoms with Crippen molar-refractivity contribution >= 4 is 0 Å². The van der Waals surface area contributed by atoms with E-state index in [1.807, 2.05) is 6.92 Å². The molecule has 0 bridgehead atoms. The molecule has 0 heterocycles. The molecule has 1 fully saturated rings. The maximum atomic E-state index is 9.92. The lowest BCUT2D eigenvalue weighted by atomic mass is 9.91. The van der Waals surface area contributed by atoms with Gasteiger partial charge in [-0.15, -0.1) is 6.58 Å². The molecule has 1 saturated carbocycles. The Labute approximate surface area is 73.9 Å². The van der Waals surface area contributed by atoms with Gasteiger partial charge >= 0.3 is 0 Å². The SMILES string of the molecule is C=C(C)CC(O)C1(O)CCCC1. The quantitative estimate of drug-likeness (QED) is 0.632. The molecule has 2 N–H and O–H groups in total. The highest BCUT2D eigenvalue weighted by Crippen LogP contribution is 2.34. The summed E-state index contributed by atoms with van der Waals surface area (Å²) in [6.45, 7) is 5.60. The zero-order chi connectivity index (χ0) is 9.19. The van der Waals surface area contributed by atoms with Crippen LogP contribution in [0.1, 0.15) is 39.0 Å². The molecule has 1 unspecified atom stereocenters. The molecule has 70 valence electrons. The van der Waals surface area contributed by atoms with E-state index in [2.05, 4.69) is 6.58 Å². The van der Waals surface area contributed by atoms with Gasteiger partial charge in [0.15, 0.2) is 0 Å². The van der Waals surface area contributed by atoms with Gasteiger partial charge in [0.2, 0.25) is 0 Å². The lowest BCUT2D eigenvalue weighted by molar-refractivity contribution is -0.0688. The van der Waals surface area contributed by atoms with Crippen LogP contribution >= 0.6 is 0 Å². The molecule has 0 radical (unpaired) electrons. The van der Waals surface area contributed by atoms with Gasteiger partial charge in [0, 0.05) is 0 Å². The molecule has 0 aromatic heterocycles. The van der Waals surface area contributed by atoms with E-state index in [1.165, 1.54) is 0 Å². The van der Waals surface area contributed by atoms with Gasteiger partial charge in [-0.25, -0.2) is 0 Å². The van der Waals surface area contributed by atoms with Gasteiger partial charge in [-0.2, -0.15) is 0 Å². The van der Waals surface area contributed by atoms with Crippen LogP contribution in [-0.4, -0.2) is 21.9 Å². The Balaban J connectivity index is 2.49. The Hall–Kier alpha value is -0.340. The average Bonchev–Trinajstić information content (AvgIpc) is 2.36. The summed E-state index contributed by atoms with van der Waals surface area (Å²) in [7, 11) is 0. The Morgan fingerprint density at radius 2 is 2.00 bits per heavy atom. The molecule has 0 amide bonds. The average molecular weight is 170 g/mol. The summed E-state index contributed by atoms with van der Waals surface area (Å²) < 4.78 is 0. The van der Waals surface area contributed by atoms with E-state index in [4.69, 9.17) is 0 Å². The second kappa shape index (κ2) is 3.58. The van der Waals surface area contributed by atoms with Crippen molar-refractivity contribution in [1.82, 2.24) is 0 Å². The fourth-order valence-electron chi connectivity index (χ4n) is 1.84. The van der Waals surface area contributed by atoms with Crippen molar-refractivity contribution in [2.24, 2.45) is 0 Å². The standard InChI is InChI=1S/C10H18O2/c1-8(2)7-9(11)10(12)5-3-4-6-10/h9,11-12H,1,3-7H2,2H3. The molecule has 0 aromatic rings. The first-order valence-corrected chi connectivity index (χ1v) is 4.59. The topological polar surface area (TPSA) is 40.5 Å². The molecule has 1 atom stereocenters. The van der Waals surface area contributed by atoms with E-state index in [1.54, 1.807) is 0 Å². The Bertz CT molecular complexity index is 169. The van der Waals surface area contributed by atoms with E-state index in [9.17, 15) is 10.2 Å². The van der Waals surface area contributed by atoms with Crippen LogP contribution in [0.4, 0.5) is 0 Å². The van der Waals surface area contributed by atoms with Crippen molar-refractivity contribution in [3.8, 4) is 0 Å². The molecule has 0 aromatic carbocycles. The molecule has 12 heavy (non-hydrogen) atoms. The Morgan fingerprint density at radius 3 is 2.42 bits per heavy atom. The Morgan fingerprint density at radius 1 is 1.50 bits per heavy atom. The van der Waals surface area contributed by atoms with Gasteiger partial charge in [-0.3, -0.25) is 0 Å². The second-order valence-corrected chi connectivity index (χ2v) is 3.99. The first-order chi connectivity index (χ1) is 5.54. The zero-order valence-electron chi connectivity index (χ0n) is 7.71. The largest absolute Gasteiger partial charge is 0.390 e. The van der Waals surface area contributed by atoms with Gasteiger partial charge in [0.25, 0.3) is 0 Å². The van der Waals surface area contributed by atoms with Crippen LogP contribution in [0.5, 0.6) is 0 Å². The van der Waals surface area contributed by atoms with Crippen molar-refractivity contribution in [2.75, 3.05) is 0 Å². The summed E-state index contributed by atoms with van der Waals surface area (Å²) in [5, 5.41) is 19.6. The van der Waals surface area contributed by atoms with Crippen LogP contribution in [0.2, 0.25) is 0 Å². The molecule has 2 nitrogen and oxygen atoms in total. The van der Waals surface area contributed by atoms with E-state index in [0.717, 1.165) is 31.3 Å². The minimum atomic E-state index is -0.820. The first kappa shape index (κ1) is 9.75. The van der Waals surface area contributed by atoms with Crippen LogP contribution in [0.15, 0.2) is 12.2 Å². The summed E-state index contributed by atoms with van der Waals surface area (Å²) in [5.74, 6) is 0. The maximum absolute atomic E-state index is 9.92. The summed E-state index contributed by atoms with van der Waals surface area (Å²) in [5.41, 5.74) is 0.113. The number of hydrogen-bond donors (Lipinski definition) is 2. The summed E-state index contributed by atoms with van der Waals surface area (Å²) in [4.78, 5) is 0. The van der Waals surface area contributed by atoms with Crippen LogP contribution in [-0.2, 0) is 0 Å². The number of rotatable bonds is 3. The normalized spacial score (nSPS) is 23.9. The van der Waals surface area contributed by atoms with Crippen molar-refractivity contribution in [2.45, 2.75) is 50.7 Å². The number of hydrogen-bond acceptors (Lipinski definition) is 2. The van der Waals surface area contributed by atoms with E-state index >= 15 is 0 Å². The van der Waals surface area contributed by atoms with Crippen LogP contribution in [0.25, 0.3) is 0 Å². The van der Waals surface area contributed by atoms with Gasteiger partial charge in [0.1, 0.15) is 0 Å². The lowest BCUT2D eigenvalue weighted by Gasteiger charge is -2.28. The van der Waals surface area contributed by atoms with Crippen molar-refractivity contribution < 1.29 is 10.2 Å². The molecular formula is C10H18O2. The van der Waals surface area contributed by atoms with E-state index in [-0.39, 0.29) is 0 Å². The molecule has 2 heteroatoms. The van der Waals surface area contributed by atoms with Crippen molar-refractivity contribution in [3.63, 3.8) is 0 Å². The monoisotopic (exact) mass is 170 g/mol. The molecule has 0 spiro atoms. The maximum Gasteiger partial charge on any atom is 0.0908 e. The van der Waals surface area contributed by atoms with E-state index in [0.29, 0.717) is 6.42 Å². The highest BCUT2D eigenvalue weighted by atomic mass is 16.3. The molecule has 0 saturated heterocycles. The molecule has 1 aliphatic carbocycles. The van der Waals surface area contributed by atoms with Crippen molar-refractivity contribution in [3.05, 3.63) is 12.2 Å². The molecule has 1 aliphatic rings. The predicted molar refractivity (Wildman–Crippen MR) is 48.9 cm³/mol. The van der Waals surface area contributed by atoms with Gasteiger partial charge in [0.05, 0.1) is 11.7 Å².